The lowest BCUT2D eigenvalue weighted by molar-refractivity contribution is -0.0731. The first-order chi connectivity index (χ1) is 9.41. The van der Waals surface area contributed by atoms with Crippen molar-refractivity contribution >= 4 is 5.95 Å². The highest BCUT2D eigenvalue weighted by Crippen LogP contribution is 2.46. The molecule has 1 saturated carbocycles. The molecule has 112 valence electrons. The summed E-state index contributed by atoms with van der Waals surface area (Å²) in [5.74, 6) is 1.79. The molecule has 2 N–H and O–H groups in total. The smallest absolute Gasteiger partial charge is 0.223 e. The van der Waals surface area contributed by atoms with E-state index in [1.807, 2.05) is 0 Å². The number of rotatable bonds is 4. The van der Waals surface area contributed by atoms with Gasteiger partial charge in [0.05, 0.1) is 0 Å². The van der Waals surface area contributed by atoms with Crippen LogP contribution in [0.1, 0.15) is 64.5 Å². The number of aromatic nitrogens is 3. The van der Waals surface area contributed by atoms with Crippen molar-refractivity contribution in [1.82, 2.24) is 15.0 Å². The van der Waals surface area contributed by atoms with E-state index in [1.165, 1.54) is 0 Å². The number of hydrogen-bond acceptors (Lipinski definition) is 5. The van der Waals surface area contributed by atoms with E-state index in [9.17, 15) is 0 Å². The molecule has 1 aliphatic rings. The van der Waals surface area contributed by atoms with Gasteiger partial charge in [-0.2, -0.15) is 9.97 Å². The largest absolute Gasteiger partial charge is 0.370 e. The Morgan fingerprint density at radius 2 is 1.75 bits per heavy atom. The molecule has 1 heterocycles. The first kappa shape index (κ1) is 15.2. The fourth-order valence-corrected chi connectivity index (χ4v) is 2.83. The van der Waals surface area contributed by atoms with Gasteiger partial charge < -0.3 is 10.5 Å². The molecule has 20 heavy (non-hydrogen) atoms. The first-order valence-electron chi connectivity index (χ1n) is 7.47. The quantitative estimate of drug-likeness (QED) is 0.916. The zero-order chi connectivity index (χ0) is 14.8. The molecule has 1 aromatic heterocycles. The van der Waals surface area contributed by atoms with Gasteiger partial charge in [0.1, 0.15) is 11.4 Å². The maximum absolute atomic E-state index is 5.85. The fraction of sp³-hybridized carbons (Fsp3) is 0.800. The Kier molecular flexibility index (Phi) is 4.28. The third kappa shape index (κ3) is 3.08. The topological polar surface area (TPSA) is 73.9 Å². The number of aryl methyl sites for hydroxylation is 1. The molecule has 1 fully saturated rings. The molecule has 0 aliphatic heterocycles. The lowest BCUT2D eigenvalue weighted by Crippen LogP contribution is -2.38. The average Bonchev–Trinajstić information content (AvgIpc) is 2.39. The molecule has 1 aliphatic carbocycles. The Hall–Kier alpha value is -1.23. The van der Waals surface area contributed by atoms with Crippen molar-refractivity contribution in [3.05, 3.63) is 11.6 Å². The Labute approximate surface area is 121 Å². The summed E-state index contributed by atoms with van der Waals surface area (Å²) in [6.07, 6.45) is 5.91. The van der Waals surface area contributed by atoms with Gasteiger partial charge in [-0.05, 0) is 37.5 Å². The number of nitrogens with zero attached hydrogens (tertiary/aromatic N) is 3. The van der Waals surface area contributed by atoms with E-state index >= 15 is 0 Å². The summed E-state index contributed by atoms with van der Waals surface area (Å²) in [7, 11) is 1.75. The summed E-state index contributed by atoms with van der Waals surface area (Å²) in [6.45, 7) is 6.71. The summed E-state index contributed by atoms with van der Waals surface area (Å²) in [5, 5.41) is 0. The number of hydrogen-bond donors (Lipinski definition) is 1. The monoisotopic (exact) mass is 278 g/mol. The minimum Gasteiger partial charge on any atom is -0.370 e. The summed E-state index contributed by atoms with van der Waals surface area (Å²) in [4.78, 5) is 13.2. The predicted molar refractivity (Wildman–Crippen MR) is 79.2 cm³/mol. The summed E-state index contributed by atoms with van der Waals surface area (Å²) in [5.41, 5.74) is 5.82. The van der Waals surface area contributed by atoms with Crippen LogP contribution in [0.25, 0.3) is 0 Å². The van der Waals surface area contributed by atoms with Crippen LogP contribution in [0.3, 0.4) is 0 Å². The summed E-state index contributed by atoms with van der Waals surface area (Å²) >= 11 is 0. The van der Waals surface area contributed by atoms with Crippen LogP contribution in [0.5, 0.6) is 0 Å². The van der Waals surface area contributed by atoms with Crippen LogP contribution < -0.4 is 5.73 Å². The predicted octanol–water partition coefficient (Wildman–Crippen LogP) is 2.85. The van der Waals surface area contributed by atoms with Gasteiger partial charge in [0, 0.05) is 13.5 Å². The molecule has 0 amide bonds. The van der Waals surface area contributed by atoms with Crippen LogP contribution in [0.2, 0.25) is 0 Å². The van der Waals surface area contributed by atoms with Gasteiger partial charge in [0.2, 0.25) is 5.95 Å². The standard InChI is InChI=1S/C15H26N4O/c1-5-6-11-17-12(19-13(16)18-11)15(20-4)9-7-14(2,3)8-10-15/h5-10H2,1-4H3,(H2,16,17,18,19). The Morgan fingerprint density at radius 3 is 2.30 bits per heavy atom. The Balaban J connectivity index is 2.32. The second-order valence-electron chi connectivity index (χ2n) is 6.55. The van der Waals surface area contributed by atoms with E-state index in [4.69, 9.17) is 10.5 Å². The van der Waals surface area contributed by atoms with Gasteiger partial charge >= 0.3 is 0 Å². The summed E-state index contributed by atoms with van der Waals surface area (Å²) in [6, 6.07) is 0. The first-order valence-corrected chi connectivity index (χ1v) is 7.47. The minimum absolute atomic E-state index is 0.305. The van der Waals surface area contributed by atoms with Crippen LogP contribution in [0.15, 0.2) is 0 Å². The molecule has 2 rings (SSSR count). The molecule has 0 unspecified atom stereocenters. The molecule has 5 nitrogen and oxygen atoms in total. The van der Waals surface area contributed by atoms with Crippen molar-refractivity contribution in [2.45, 2.75) is 64.9 Å². The molecule has 0 atom stereocenters. The third-order valence-corrected chi connectivity index (χ3v) is 4.38. The zero-order valence-electron chi connectivity index (χ0n) is 13.1. The average molecular weight is 278 g/mol. The third-order valence-electron chi connectivity index (χ3n) is 4.38. The van der Waals surface area contributed by atoms with Crippen LogP contribution >= 0.6 is 0 Å². The molecular weight excluding hydrogens is 252 g/mol. The molecule has 0 radical (unpaired) electrons. The number of nitrogen functional groups attached to an aromatic ring is 1. The molecule has 0 spiro atoms. The lowest BCUT2D eigenvalue weighted by Gasteiger charge is -2.41. The van der Waals surface area contributed by atoms with Crippen LogP contribution in [0.4, 0.5) is 5.95 Å². The number of anilines is 1. The van der Waals surface area contributed by atoms with Crippen molar-refractivity contribution < 1.29 is 4.74 Å². The second-order valence-corrected chi connectivity index (χ2v) is 6.55. The molecular formula is C15H26N4O. The second kappa shape index (κ2) is 5.64. The number of nitrogens with two attached hydrogens (primary N) is 1. The Morgan fingerprint density at radius 1 is 1.10 bits per heavy atom. The van der Waals surface area contributed by atoms with Gasteiger partial charge in [0.25, 0.3) is 0 Å². The van der Waals surface area contributed by atoms with Crippen molar-refractivity contribution in [3.63, 3.8) is 0 Å². The van der Waals surface area contributed by atoms with Gasteiger partial charge in [-0.1, -0.05) is 20.8 Å². The molecule has 0 aromatic carbocycles. The number of ether oxygens (including phenoxy) is 1. The minimum atomic E-state index is -0.394. The van der Waals surface area contributed by atoms with Crippen LogP contribution in [-0.4, -0.2) is 22.1 Å². The molecule has 1 aromatic rings. The van der Waals surface area contributed by atoms with E-state index in [2.05, 4.69) is 35.7 Å². The maximum atomic E-state index is 5.85. The van der Waals surface area contributed by atoms with Crippen molar-refractivity contribution in [2.24, 2.45) is 5.41 Å². The lowest BCUT2D eigenvalue weighted by atomic mass is 9.70. The normalized spacial score (nSPS) is 20.8. The maximum Gasteiger partial charge on any atom is 0.223 e. The molecule has 0 bridgehead atoms. The highest BCUT2D eigenvalue weighted by Gasteiger charge is 2.42. The highest BCUT2D eigenvalue weighted by molar-refractivity contribution is 5.19. The van der Waals surface area contributed by atoms with Gasteiger partial charge in [-0.3, -0.25) is 0 Å². The van der Waals surface area contributed by atoms with E-state index in [-0.39, 0.29) is 0 Å². The van der Waals surface area contributed by atoms with Crippen LogP contribution in [0, 0.1) is 5.41 Å². The van der Waals surface area contributed by atoms with Gasteiger partial charge in [0.15, 0.2) is 5.82 Å². The van der Waals surface area contributed by atoms with Crippen molar-refractivity contribution in [2.75, 3.05) is 12.8 Å². The van der Waals surface area contributed by atoms with Crippen molar-refractivity contribution in [3.8, 4) is 0 Å². The van der Waals surface area contributed by atoms with Crippen molar-refractivity contribution in [1.29, 1.82) is 0 Å². The Bertz CT molecular complexity index is 463. The van der Waals surface area contributed by atoms with Crippen LogP contribution in [-0.2, 0) is 16.8 Å². The van der Waals surface area contributed by atoms with E-state index in [0.717, 1.165) is 44.3 Å². The summed E-state index contributed by atoms with van der Waals surface area (Å²) < 4.78 is 5.84. The van der Waals surface area contributed by atoms with E-state index < -0.39 is 5.60 Å². The van der Waals surface area contributed by atoms with E-state index in [1.54, 1.807) is 7.11 Å². The molecule has 5 heteroatoms. The SMILES string of the molecule is CCCc1nc(N)nc(C2(OC)CCC(C)(C)CC2)n1. The van der Waals surface area contributed by atoms with Gasteiger partial charge in [-0.25, -0.2) is 4.98 Å². The van der Waals surface area contributed by atoms with E-state index in [0.29, 0.717) is 17.2 Å². The fourth-order valence-electron chi connectivity index (χ4n) is 2.83. The zero-order valence-corrected chi connectivity index (χ0v) is 13.1. The van der Waals surface area contributed by atoms with Gasteiger partial charge in [-0.15, -0.1) is 0 Å². The highest BCUT2D eigenvalue weighted by atomic mass is 16.5. The number of methoxy groups -OCH3 is 1. The molecule has 0 saturated heterocycles.